The summed E-state index contributed by atoms with van der Waals surface area (Å²) in [5.41, 5.74) is 0. The van der Waals surface area contributed by atoms with E-state index in [2.05, 4.69) is 24.1 Å². The first kappa shape index (κ1) is 7.12. The molecule has 0 atom stereocenters. The number of hydrogen-bond donors (Lipinski definition) is 1. The van der Waals surface area contributed by atoms with Crippen LogP contribution < -0.4 is 5.32 Å². The third-order valence-electron chi connectivity index (χ3n) is 1.31. The van der Waals surface area contributed by atoms with Crippen molar-refractivity contribution in [1.82, 2.24) is 4.98 Å². The summed E-state index contributed by atoms with van der Waals surface area (Å²) < 4.78 is 5.27. The Morgan fingerprint density at radius 1 is 1.60 bits per heavy atom. The lowest BCUT2D eigenvalue weighted by atomic mass is 10.2. The van der Waals surface area contributed by atoms with Crippen molar-refractivity contribution in [2.75, 3.05) is 12.4 Å². The molecular formula is C7H12N2O. The maximum atomic E-state index is 5.27. The quantitative estimate of drug-likeness (QED) is 0.681. The van der Waals surface area contributed by atoms with Gasteiger partial charge in [0.2, 0.25) is 0 Å². The molecule has 1 N–H and O–H groups in total. The van der Waals surface area contributed by atoms with Gasteiger partial charge in [-0.15, -0.1) is 0 Å². The number of nitrogens with one attached hydrogen (secondary N) is 1. The highest BCUT2D eigenvalue weighted by Crippen LogP contribution is 2.16. The van der Waals surface area contributed by atoms with Gasteiger partial charge in [0.25, 0.3) is 6.01 Å². The summed E-state index contributed by atoms with van der Waals surface area (Å²) in [6.45, 7) is 4.14. The average Bonchev–Trinajstić information content (AvgIpc) is 2.34. The molecule has 0 aliphatic rings. The Balaban J connectivity index is 2.78. The van der Waals surface area contributed by atoms with E-state index in [1.54, 1.807) is 13.2 Å². The normalized spacial score (nSPS) is 10.4. The molecule has 1 heterocycles. The van der Waals surface area contributed by atoms with Crippen LogP contribution >= 0.6 is 0 Å². The summed E-state index contributed by atoms with van der Waals surface area (Å²) in [5, 5.41) is 2.82. The summed E-state index contributed by atoms with van der Waals surface area (Å²) in [6, 6.07) is 0.587. The van der Waals surface area contributed by atoms with Crippen molar-refractivity contribution >= 4 is 6.01 Å². The van der Waals surface area contributed by atoms with E-state index in [9.17, 15) is 0 Å². The standard InChI is InChI=1S/C7H12N2O/c1-5(2)6-4-9-7(8-3)10-6/h4-5H,1-3H3,(H,8,9). The van der Waals surface area contributed by atoms with Crippen LogP contribution in [0.3, 0.4) is 0 Å². The average molecular weight is 140 g/mol. The molecule has 0 spiro atoms. The third-order valence-corrected chi connectivity index (χ3v) is 1.31. The van der Waals surface area contributed by atoms with Gasteiger partial charge in [-0.05, 0) is 0 Å². The van der Waals surface area contributed by atoms with Crippen molar-refractivity contribution in [2.45, 2.75) is 19.8 Å². The Morgan fingerprint density at radius 2 is 2.30 bits per heavy atom. The maximum absolute atomic E-state index is 5.27. The molecule has 56 valence electrons. The number of nitrogens with zero attached hydrogens (tertiary/aromatic N) is 1. The Hall–Kier alpha value is -0.990. The van der Waals surface area contributed by atoms with E-state index in [-0.39, 0.29) is 0 Å². The van der Waals surface area contributed by atoms with E-state index in [1.165, 1.54) is 0 Å². The topological polar surface area (TPSA) is 38.1 Å². The number of oxazole rings is 1. The van der Waals surface area contributed by atoms with E-state index in [4.69, 9.17) is 4.42 Å². The van der Waals surface area contributed by atoms with Gasteiger partial charge in [-0.1, -0.05) is 13.8 Å². The smallest absolute Gasteiger partial charge is 0.294 e. The van der Waals surface area contributed by atoms with Gasteiger partial charge in [0.15, 0.2) is 0 Å². The lowest BCUT2D eigenvalue weighted by Gasteiger charge is -1.95. The number of rotatable bonds is 2. The number of aromatic nitrogens is 1. The molecule has 0 bridgehead atoms. The largest absolute Gasteiger partial charge is 0.429 e. The zero-order valence-electron chi connectivity index (χ0n) is 6.51. The molecule has 0 saturated heterocycles. The number of anilines is 1. The molecule has 0 radical (unpaired) electrons. The van der Waals surface area contributed by atoms with Crippen LogP contribution in [-0.2, 0) is 0 Å². The third kappa shape index (κ3) is 1.29. The second-order valence-electron chi connectivity index (χ2n) is 2.47. The van der Waals surface area contributed by atoms with Gasteiger partial charge in [-0.2, -0.15) is 0 Å². The first-order chi connectivity index (χ1) is 4.74. The fourth-order valence-electron chi connectivity index (χ4n) is 0.669. The van der Waals surface area contributed by atoms with Crippen LogP contribution in [0.5, 0.6) is 0 Å². The minimum absolute atomic E-state index is 0.412. The first-order valence-corrected chi connectivity index (χ1v) is 3.37. The molecule has 0 aromatic carbocycles. The molecule has 0 saturated carbocycles. The SMILES string of the molecule is CNc1ncc(C(C)C)o1. The highest BCUT2D eigenvalue weighted by atomic mass is 16.4. The molecule has 1 rings (SSSR count). The van der Waals surface area contributed by atoms with Crippen molar-refractivity contribution in [3.63, 3.8) is 0 Å². The molecule has 3 heteroatoms. The molecule has 1 aromatic heterocycles. The molecule has 3 nitrogen and oxygen atoms in total. The van der Waals surface area contributed by atoms with Crippen LogP contribution in [0.4, 0.5) is 6.01 Å². The summed E-state index contributed by atoms with van der Waals surface area (Å²) in [7, 11) is 1.79. The second-order valence-corrected chi connectivity index (χ2v) is 2.47. The summed E-state index contributed by atoms with van der Waals surface area (Å²) >= 11 is 0. The molecule has 0 amide bonds. The van der Waals surface area contributed by atoms with E-state index < -0.39 is 0 Å². The van der Waals surface area contributed by atoms with Gasteiger partial charge in [0, 0.05) is 13.0 Å². The van der Waals surface area contributed by atoms with Gasteiger partial charge in [0.1, 0.15) is 5.76 Å². The molecule has 10 heavy (non-hydrogen) atoms. The second kappa shape index (κ2) is 2.73. The van der Waals surface area contributed by atoms with Crippen LogP contribution in [0.2, 0.25) is 0 Å². The lowest BCUT2D eigenvalue weighted by molar-refractivity contribution is 0.496. The zero-order chi connectivity index (χ0) is 7.56. The molecule has 0 aliphatic carbocycles. The van der Waals surface area contributed by atoms with Gasteiger partial charge >= 0.3 is 0 Å². The fourth-order valence-corrected chi connectivity index (χ4v) is 0.669. The van der Waals surface area contributed by atoms with Crippen LogP contribution in [0.1, 0.15) is 25.5 Å². The van der Waals surface area contributed by atoms with Crippen molar-refractivity contribution in [1.29, 1.82) is 0 Å². The Kier molecular flexibility index (Phi) is 1.94. The van der Waals surface area contributed by atoms with Gasteiger partial charge in [0.05, 0.1) is 6.20 Å². The highest BCUT2D eigenvalue weighted by Gasteiger charge is 2.04. The monoisotopic (exact) mass is 140 g/mol. The van der Waals surface area contributed by atoms with E-state index >= 15 is 0 Å². The molecule has 1 aromatic rings. The predicted octanol–water partition coefficient (Wildman–Crippen LogP) is 1.84. The first-order valence-electron chi connectivity index (χ1n) is 3.37. The van der Waals surface area contributed by atoms with Crippen LogP contribution in [-0.4, -0.2) is 12.0 Å². The van der Waals surface area contributed by atoms with Crippen molar-refractivity contribution in [2.24, 2.45) is 0 Å². The van der Waals surface area contributed by atoms with E-state index in [0.29, 0.717) is 11.9 Å². The Labute approximate surface area is 60.5 Å². The molecule has 0 unspecified atom stereocenters. The summed E-state index contributed by atoms with van der Waals surface area (Å²) in [6.07, 6.45) is 1.75. The van der Waals surface area contributed by atoms with Crippen molar-refractivity contribution < 1.29 is 4.42 Å². The summed E-state index contributed by atoms with van der Waals surface area (Å²) in [5.74, 6) is 1.33. The van der Waals surface area contributed by atoms with Crippen LogP contribution in [0.25, 0.3) is 0 Å². The maximum Gasteiger partial charge on any atom is 0.294 e. The molecular weight excluding hydrogens is 128 g/mol. The molecule has 0 aliphatic heterocycles. The van der Waals surface area contributed by atoms with Crippen molar-refractivity contribution in [3.05, 3.63) is 12.0 Å². The highest BCUT2D eigenvalue weighted by molar-refractivity contribution is 5.19. The van der Waals surface area contributed by atoms with Crippen LogP contribution in [0, 0.1) is 0 Å². The van der Waals surface area contributed by atoms with E-state index in [0.717, 1.165) is 5.76 Å². The van der Waals surface area contributed by atoms with Crippen molar-refractivity contribution in [3.8, 4) is 0 Å². The Bertz CT molecular complexity index is 205. The van der Waals surface area contributed by atoms with Crippen LogP contribution in [0.15, 0.2) is 10.6 Å². The minimum Gasteiger partial charge on any atom is -0.429 e. The lowest BCUT2D eigenvalue weighted by Crippen LogP contribution is -1.85. The van der Waals surface area contributed by atoms with Gasteiger partial charge < -0.3 is 9.73 Å². The minimum atomic E-state index is 0.412. The van der Waals surface area contributed by atoms with Gasteiger partial charge in [-0.25, -0.2) is 4.98 Å². The predicted molar refractivity (Wildman–Crippen MR) is 40.1 cm³/mol. The molecule has 0 fully saturated rings. The number of hydrogen-bond acceptors (Lipinski definition) is 3. The van der Waals surface area contributed by atoms with E-state index in [1.807, 2.05) is 0 Å². The fraction of sp³-hybridized carbons (Fsp3) is 0.571. The van der Waals surface area contributed by atoms with Gasteiger partial charge in [-0.3, -0.25) is 0 Å². The zero-order valence-corrected chi connectivity index (χ0v) is 6.51. The summed E-state index contributed by atoms with van der Waals surface area (Å²) in [4.78, 5) is 3.98. The Morgan fingerprint density at radius 3 is 2.60 bits per heavy atom.